The van der Waals surface area contributed by atoms with E-state index in [1.54, 1.807) is 23.9 Å². The van der Waals surface area contributed by atoms with Gasteiger partial charge in [-0.1, -0.05) is 0 Å². The van der Waals surface area contributed by atoms with Gasteiger partial charge in [-0.15, -0.1) is 13.2 Å². The number of halogens is 3. The predicted molar refractivity (Wildman–Crippen MR) is 49.6 cm³/mol. The molecule has 0 radical (unpaired) electrons. The summed E-state index contributed by atoms with van der Waals surface area (Å²) in [7, 11) is 1.76. The van der Waals surface area contributed by atoms with Crippen molar-refractivity contribution >= 4 is 10.9 Å². The van der Waals surface area contributed by atoms with Crippen LogP contribution in [-0.4, -0.2) is 10.9 Å². The molecule has 2 nitrogen and oxygen atoms in total. The highest BCUT2D eigenvalue weighted by Gasteiger charge is 2.31. The second kappa shape index (κ2) is 3.18. The van der Waals surface area contributed by atoms with Crippen molar-refractivity contribution in [1.29, 1.82) is 0 Å². The summed E-state index contributed by atoms with van der Waals surface area (Å²) in [6.07, 6.45) is -2.86. The van der Waals surface area contributed by atoms with Crippen molar-refractivity contribution in [3.8, 4) is 5.75 Å². The number of rotatable bonds is 1. The molecule has 0 spiro atoms. The third kappa shape index (κ3) is 2.06. The first-order valence-electron chi connectivity index (χ1n) is 4.26. The smallest absolute Gasteiger partial charge is 0.406 e. The molecule has 80 valence electrons. The Hall–Kier alpha value is -1.65. The van der Waals surface area contributed by atoms with Crippen LogP contribution in [-0.2, 0) is 7.05 Å². The maximum Gasteiger partial charge on any atom is 0.573 e. The van der Waals surface area contributed by atoms with Gasteiger partial charge in [0.05, 0.1) is 5.52 Å². The van der Waals surface area contributed by atoms with Crippen LogP contribution in [0.4, 0.5) is 13.2 Å². The molecule has 5 heteroatoms. The second-order valence-corrected chi connectivity index (χ2v) is 3.20. The maximum atomic E-state index is 11.9. The quantitative estimate of drug-likeness (QED) is 0.713. The fraction of sp³-hybridized carbons (Fsp3) is 0.200. The lowest BCUT2D eigenvalue weighted by Gasteiger charge is -2.08. The van der Waals surface area contributed by atoms with Gasteiger partial charge in [-0.05, 0) is 23.6 Å². The minimum atomic E-state index is -4.64. The normalized spacial score (nSPS) is 12.0. The minimum Gasteiger partial charge on any atom is -0.406 e. The Kier molecular flexibility index (Phi) is 2.10. The highest BCUT2D eigenvalue weighted by molar-refractivity contribution is 5.81. The molecule has 1 aromatic heterocycles. The molecule has 1 aromatic carbocycles. The Morgan fingerprint density at radius 1 is 1.20 bits per heavy atom. The summed E-state index contributed by atoms with van der Waals surface area (Å²) in [5.41, 5.74) is 0.705. The molecular formula is C10H8F3NO. The second-order valence-electron chi connectivity index (χ2n) is 3.20. The molecule has 0 N–H and O–H groups in total. The van der Waals surface area contributed by atoms with Crippen LogP contribution < -0.4 is 4.74 Å². The molecule has 0 aliphatic rings. The van der Waals surface area contributed by atoms with Gasteiger partial charge in [0.2, 0.25) is 0 Å². The van der Waals surface area contributed by atoms with E-state index in [0.717, 1.165) is 5.39 Å². The fourth-order valence-electron chi connectivity index (χ4n) is 1.44. The van der Waals surface area contributed by atoms with Crippen molar-refractivity contribution in [2.24, 2.45) is 7.05 Å². The van der Waals surface area contributed by atoms with Crippen LogP contribution in [0.2, 0.25) is 0 Å². The van der Waals surface area contributed by atoms with Gasteiger partial charge in [0.15, 0.2) is 0 Å². The van der Waals surface area contributed by atoms with E-state index >= 15 is 0 Å². The number of benzene rings is 1. The van der Waals surface area contributed by atoms with Gasteiger partial charge in [-0.25, -0.2) is 0 Å². The van der Waals surface area contributed by atoms with Crippen LogP contribution in [0.25, 0.3) is 10.9 Å². The van der Waals surface area contributed by atoms with E-state index in [-0.39, 0.29) is 5.75 Å². The molecular weight excluding hydrogens is 207 g/mol. The first-order chi connectivity index (χ1) is 6.96. The zero-order valence-electron chi connectivity index (χ0n) is 7.88. The highest BCUT2D eigenvalue weighted by Crippen LogP contribution is 2.26. The first-order valence-corrected chi connectivity index (χ1v) is 4.26. The number of fused-ring (bicyclic) bond motifs is 1. The number of aromatic nitrogens is 1. The van der Waals surface area contributed by atoms with E-state index < -0.39 is 6.36 Å². The van der Waals surface area contributed by atoms with Gasteiger partial charge >= 0.3 is 6.36 Å². The molecule has 2 aromatic rings. The Morgan fingerprint density at radius 2 is 1.93 bits per heavy atom. The summed E-state index contributed by atoms with van der Waals surface area (Å²) < 4.78 is 41.4. The SMILES string of the molecule is Cn1ccc2ccc(OC(F)(F)F)cc21. The molecule has 0 amide bonds. The summed E-state index contributed by atoms with van der Waals surface area (Å²) >= 11 is 0. The highest BCUT2D eigenvalue weighted by atomic mass is 19.4. The van der Waals surface area contributed by atoms with E-state index in [4.69, 9.17) is 0 Å². The van der Waals surface area contributed by atoms with Crippen LogP contribution in [0.3, 0.4) is 0 Å². The van der Waals surface area contributed by atoms with Crippen molar-refractivity contribution in [1.82, 2.24) is 4.57 Å². The van der Waals surface area contributed by atoms with Crippen molar-refractivity contribution in [3.05, 3.63) is 30.5 Å². The van der Waals surface area contributed by atoms with Crippen LogP contribution in [0.1, 0.15) is 0 Å². The molecule has 2 rings (SSSR count). The third-order valence-corrected chi connectivity index (χ3v) is 2.09. The molecule has 1 heterocycles. The average Bonchev–Trinajstić information content (AvgIpc) is 2.45. The fourth-order valence-corrected chi connectivity index (χ4v) is 1.44. The molecule has 0 aliphatic heterocycles. The van der Waals surface area contributed by atoms with E-state index in [0.29, 0.717) is 5.52 Å². The summed E-state index contributed by atoms with van der Waals surface area (Å²) in [4.78, 5) is 0. The topological polar surface area (TPSA) is 14.2 Å². The summed E-state index contributed by atoms with van der Waals surface area (Å²) in [6, 6.07) is 6.09. The van der Waals surface area contributed by atoms with Gasteiger partial charge < -0.3 is 9.30 Å². The van der Waals surface area contributed by atoms with Crippen LogP contribution in [0, 0.1) is 0 Å². The molecule has 0 unspecified atom stereocenters. The van der Waals surface area contributed by atoms with Crippen LogP contribution in [0.5, 0.6) is 5.75 Å². The Balaban J connectivity index is 2.42. The monoisotopic (exact) mass is 215 g/mol. The van der Waals surface area contributed by atoms with Gasteiger partial charge in [-0.3, -0.25) is 0 Å². The molecule has 0 aliphatic carbocycles. The van der Waals surface area contributed by atoms with Gasteiger partial charge in [0, 0.05) is 19.3 Å². The summed E-state index contributed by atoms with van der Waals surface area (Å²) in [5.74, 6) is -0.197. The Labute approximate surface area is 83.9 Å². The lowest BCUT2D eigenvalue weighted by atomic mass is 10.2. The largest absolute Gasteiger partial charge is 0.573 e. The van der Waals surface area contributed by atoms with E-state index in [2.05, 4.69) is 4.74 Å². The number of hydrogen-bond acceptors (Lipinski definition) is 1. The van der Waals surface area contributed by atoms with Crippen molar-refractivity contribution in [3.63, 3.8) is 0 Å². The van der Waals surface area contributed by atoms with Crippen LogP contribution in [0.15, 0.2) is 30.5 Å². The van der Waals surface area contributed by atoms with Crippen molar-refractivity contribution in [2.75, 3.05) is 0 Å². The number of ether oxygens (including phenoxy) is 1. The number of aryl methyl sites for hydroxylation is 1. The van der Waals surface area contributed by atoms with Crippen molar-refractivity contribution < 1.29 is 17.9 Å². The standard InChI is InChI=1S/C10H8F3NO/c1-14-5-4-7-2-3-8(6-9(7)14)15-10(11,12)13/h2-6H,1H3. The molecule has 0 saturated carbocycles. The maximum absolute atomic E-state index is 11.9. The third-order valence-electron chi connectivity index (χ3n) is 2.09. The molecule has 0 fully saturated rings. The van der Waals surface area contributed by atoms with Crippen LogP contribution >= 0.6 is 0 Å². The van der Waals surface area contributed by atoms with Gasteiger partial charge in [0.25, 0.3) is 0 Å². The summed E-state index contributed by atoms with van der Waals surface area (Å²) in [5, 5.41) is 0.882. The zero-order chi connectivity index (χ0) is 11.1. The molecule has 15 heavy (non-hydrogen) atoms. The lowest BCUT2D eigenvalue weighted by Crippen LogP contribution is -2.17. The Bertz CT molecular complexity index is 487. The number of alkyl halides is 3. The molecule has 0 saturated heterocycles. The van der Waals surface area contributed by atoms with Crippen molar-refractivity contribution in [2.45, 2.75) is 6.36 Å². The number of hydrogen-bond donors (Lipinski definition) is 0. The average molecular weight is 215 g/mol. The van der Waals surface area contributed by atoms with Gasteiger partial charge in [0.1, 0.15) is 5.75 Å². The predicted octanol–water partition coefficient (Wildman–Crippen LogP) is 3.08. The van der Waals surface area contributed by atoms with E-state index in [1.807, 2.05) is 6.07 Å². The lowest BCUT2D eigenvalue weighted by molar-refractivity contribution is -0.274. The van der Waals surface area contributed by atoms with E-state index in [1.165, 1.54) is 12.1 Å². The molecule has 0 atom stereocenters. The minimum absolute atomic E-state index is 0.197. The van der Waals surface area contributed by atoms with Gasteiger partial charge in [-0.2, -0.15) is 0 Å². The first kappa shape index (κ1) is 9.89. The number of nitrogens with zero attached hydrogens (tertiary/aromatic N) is 1. The summed E-state index contributed by atoms with van der Waals surface area (Å²) in [6.45, 7) is 0. The zero-order valence-corrected chi connectivity index (χ0v) is 7.88. The Morgan fingerprint density at radius 3 is 2.60 bits per heavy atom. The molecule has 0 bridgehead atoms. The van der Waals surface area contributed by atoms with E-state index in [9.17, 15) is 13.2 Å².